The second-order valence-electron chi connectivity index (χ2n) is 6.04. The molecule has 0 radical (unpaired) electrons. The number of nitrogens with one attached hydrogen (secondary N) is 1. The van der Waals surface area contributed by atoms with Crippen molar-refractivity contribution in [3.05, 3.63) is 29.7 Å². The summed E-state index contributed by atoms with van der Waals surface area (Å²) in [5.41, 5.74) is -0.969. The quantitative estimate of drug-likeness (QED) is 0.840. The van der Waals surface area contributed by atoms with Crippen molar-refractivity contribution in [3.63, 3.8) is 0 Å². The highest BCUT2D eigenvalue weighted by molar-refractivity contribution is 7.89. The lowest BCUT2D eigenvalue weighted by atomic mass is 9.73. The summed E-state index contributed by atoms with van der Waals surface area (Å²) in [4.78, 5) is 17.5. The van der Waals surface area contributed by atoms with Crippen LogP contribution in [0.1, 0.15) is 35.0 Å². The second-order valence-corrected chi connectivity index (χ2v) is 7.91. The van der Waals surface area contributed by atoms with Gasteiger partial charge in [0.15, 0.2) is 5.82 Å². The number of nitrogens with zero attached hydrogens (tertiary/aromatic N) is 3. The Morgan fingerprint density at radius 1 is 1.52 bits per heavy atom. The number of aromatic carboxylic acids is 1. The van der Waals surface area contributed by atoms with Crippen molar-refractivity contribution < 1.29 is 22.8 Å². The van der Waals surface area contributed by atoms with Crippen LogP contribution in [-0.4, -0.2) is 45.5 Å². The summed E-state index contributed by atoms with van der Waals surface area (Å²) in [6, 6.07) is 1.13. The molecule has 2 aliphatic heterocycles. The number of H-pyrrole nitrogens is 1. The summed E-state index contributed by atoms with van der Waals surface area (Å²) < 4.78 is 32.4. The molecule has 1 aliphatic carbocycles. The summed E-state index contributed by atoms with van der Waals surface area (Å²) >= 11 is 0. The minimum Gasteiger partial charge on any atom is -0.477 e. The number of sulfonamides is 1. The van der Waals surface area contributed by atoms with Gasteiger partial charge in [0.25, 0.3) is 0 Å². The summed E-state index contributed by atoms with van der Waals surface area (Å²) in [6.45, 7) is 2.05. The van der Waals surface area contributed by atoms with Gasteiger partial charge in [0, 0.05) is 12.7 Å². The molecule has 2 aromatic rings. The normalized spacial score (nSPS) is 27.1. The van der Waals surface area contributed by atoms with Crippen molar-refractivity contribution in [2.75, 3.05) is 6.54 Å². The summed E-state index contributed by atoms with van der Waals surface area (Å²) in [5, 5.41) is 12.7. The zero-order valence-electron chi connectivity index (χ0n) is 12.2. The van der Waals surface area contributed by atoms with Gasteiger partial charge in [-0.25, -0.2) is 13.2 Å². The van der Waals surface area contributed by atoms with Crippen molar-refractivity contribution >= 4 is 16.0 Å². The van der Waals surface area contributed by atoms with Crippen LogP contribution in [0.15, 0.2) is 21.7 Å². The van der Waals surface area contributed by atoms with E-state index in [2.05, 4.69) is 15.1 Å². The first-order valence-electron chi connectivity index (χ1n) is 7.08. The highest BCUT2D eigenvalue weighted by Crippen LogP contribution is 2.58. The third kappa shape index (κ3) is 1.88. The van der Waals surface area contributed by atoms with Gasteiger partial charge < -0.3 is 14.6 Å². The lowest BCUT2D eigenvalue weighted by Crippen LogP contribution is -2.45. The topological polar surface area (TPSA) is 129 Å². The van der Waals surface area contributed by atoms with E-state index in [-0.39, 0.29) is 16.5 Å². The predicted octanol–water partition coefficient (Wildman–Crippen LogP) is 0.714. The molecule has 23 heavy (non-hydrogen) atoms. The van der Waals surface area contributed by atoms with E-state index in [1.54, 1.807) is 6.92 Å². The van der Waals surface area contributed by atoms with Crippen molar-refractivity contribution in [1.82, 2.24) is 19.4 Å². The lowest BCUT2D eigenvalue weighted by Gasteiger charge is -2.37. The number of hydrogen-bond acceptors (Lipinski definition) is 6. The van der Waals surface area contributed by atoms with Crippen molar-refractivity contribution in [2.45, 2.75) is 30.2 Å². The molecule has 3 aliphatic rings. The Balaban J connectivity index is 1.75. The van der Waals surface area contributed by atoms with E-state index in [0.717, 1.165) is 6.07 Å². The number of carbonyl (C=O) groups is 1. The molecule has 2 N–H and O–H groups in total. The maximum absolute atomic E-state index is 12.9. The maximum atomic E-state index is 12.9. The highest BCUT2D eigenvalue weighted by atomic mass is 32.2. The van der Waals surface area contributed by atoms with E-state index >= 15 is 0 Å². The minimum absolute atomic E-state index is 0.0712. The predicted molar refractivity (Wildman–Crippen MR) is 75.1 cm³/mol. The van der Waals surface area contributed by atoms with Gasteiger partial charge >= 0.3 is 5.97 Å². The fourth-order valence-electron chi connectivity index (χ4n) is 3.51. The summed E-state index contributed by atoms with van der Waals surface area (Å²) in [7, 11) is -3.85. The number of carboxylic acids is 1. The molecular formula is C13H14N4O5S. The number of aromatic nitrogens is 3. The number of fused-ring (bicyclic) bond motifs is 1. The van der Waals surface area contributed by atoms with Gasteiger partial charge in [-0.1, -0.05) is 5.16 Å². The van der Waals surface area contributed by atoms with Gasteiger partial charge in [0.05, 0.1) is 0 Å². The number of carboxylic acid groups (broad SMARTS) is 1. The molecule has 0 atom stereocenters. The first kappa shape index (κ1) is 14.4. The van der Waals surface area contributed by atoms with Crippen LogP contribution in [0.4, 0.5) is 0 Å². The van der Waals surface area contributed by atoms with Crippen LogP contribution in [0.3, 0.4) is 0 Å². The third-order valence-corrected chi connectivity index (χ3v) is 6.47. The van der Waals surface area contributed by atoms with Gasteiger partial charge in [-0.05, 0) is 31.7 Å². The molecular weight excluding hydrogens is 324 g/mol. The Kier molecular flexibility index (Phi) is 2.77. The first-order chi connectivity index (χ1) is 10.8. The molecule has 0 unspecified atom stereocenters. The van der Waals surface area contributed by atoms with E-state index in [1.165, 1.54) is 10.5 Å². The van der Waals surface area contributed by atoms with E-state index in [0.29, 0.717) is 31.1 Å². The van der Waals surface area contributed by atoms with Gasteiger partial charge in [0.2, 0.25) is 15.9 Å². The van der Waals surface area contributed by atoms with E-state index in [4.69, 9.17) is 9.63 Å². The van der Waals surface area contributed by atoms with E-state index < -0.39 is 21.5 Å². The van der Waals surface area contributed by atoms with Gasteiger partial charge in [0.1, 0.15) is 16.1 Å². The molecule has 5 rings (SSSR count). The van der Waals surface area contributed by atoms with Crippen molar-refractivity contribution in [2.24, 2.45) is 5.92 Å². The van der Waals surface area contributed by atoms with Crippen molar-refractivity contribution in [3.8, 4) is 0 Å². The summed E-state index contributed by atoms with van der Waals surface area (Å²) in [5.74, 6) is -0.188. The number of hydrogen-bond donors (Lipinski definition) is 2. The molecule has 122 valence electrons. The van der Waals surface area contributed by atoms with Crippen LogP contribution in [0, 0.1) is 12.8 Å². The van der Waals surface area contributed by atoms with Crippen LogP contribution in [-0.2, 0) is 15.6 Å². The van der Waals surface area contributed by atoms with Gasteiger partial charge in [-0.15, -0.1) is 0 Å². The molecule has 2 bridgehead atoms. The second kappa shape index (κ2) is 4.42. The monoisotopic (exact) mass is 338 g/mol. The fraction of sp³-hybridized carbons (Fsp3) is 0.462. The third-order valence-electron chi connectivity index (χ3n) is 4.55. The number of aromatic amines is 1. The van der Waals surface area contributed by atoms with Crippen LogP contribution < -0.4 is 0 Å². The molecule has 1 saturated carbocycles. The average molecular weight is 338 g/mol. The largest absolute Gasteiger partial charge is 0.477 e. The zero-order chi connectivity index (χ0) is 16.4. The number of aryl methyl sites for hydroxylation is 1. The molecule has 9 nitrogen and oxygen atoms in total. The Bertz CT molecular complexity index is 893. The Morgan fingerprint density at radius 2 is 2.26 bits per heavy atom. The van der Waals surface area contributed by atoms with Crippen molar-refractivity contribution in [1.29, 1.82) is 0 Å². The molecule has 0 aromatic carbocycles. The molecule has 2 saturated heterocycles. The molecule has 10 heteroatoms. The molecule has 2 aromatic heterocycles. The minimum atomic E-state index is -3.85. The van der Waals surface area contributed by atoms with Gasteiger partial charge in [-0.2, -0.15) is 9.29 Å². The highest BCUT2D eigenvalue weighted by Gasteiger charge is 2.64. The molecule has 0 amide bonds. The van der Waals surface area contributed by atoms with E-state index in [9.17, 15) is 13.2 Å². The van der Waals surface area contributed by atoms with Crippen LogP contribution in [0.2, 0.25) is 0 Å². The fourth-order valence-corrected chi connectivity index (χ4v) is 5.33. The Labute approximate surface area is 131 Å². The Hall–Kier alpha value is -2.20. The van der Waals surface area contributed by atoms with Crippen LogP contribution in [0.5, 0.6) is 0 Å². The molecule has 3 fully saturated rings. The molecule has 4 heterocycles. The summed E-state index contributed by atoms with van der Waals surface area (Å²) in [6.07, 6.45) is 2.48. The number of rotatable bonds is 4. The van der Waals surface area contributed by atoms with Crippen LogP contribution in [0.25, 0.3) is 0 Å². The molecule has 0 spiro atoms. The smallest absolute Gasteiger partial charge is 0.352 e. The first-order valence-corrected chi connectivity index (χ1v) is 8.52. The standard InChI is InChI=1S/C13H14N4O5S/c1-7-15-12(22-16-7)13-3-8(4-13)6-17(13)23(20,21)9-2-10(11(18)19)14-5-9/h2,5,8,14H,3-4,6H2,1H3,(H,18,19). The average Bonchev–Trinajstić information content (AvgIpc) is 3.19. The zero-order valence-corrected chi connectivity index (χ0v) is 13.0. The Morgan fingerprint density at radius 3 is 2.83 bits per heavy atom. The van der Waals surface area contributed by atoms with Gasteiger partial charge in [-0.3, -0.25) is 0 Å². The van der Waals surface area contributed by atoms with E-state index in [1.807, 2.05) is 0 Å². The maximum Gasteiger partial charge on any atom is 0.352 e. The van der Waals surface area contributed by atoms with Crippen LogP contribution >= 0.6 is 0 Å². The lowest BCUT2D eigenvalue weighted by molar-refractivity contribution is 0.0691. The SMILES string of the molecule is Cc1noc(C23CC(CN2S(=O)(=O)c2c[nH]c(C(=O)O)c2)C3)n1.